The van der Waals surface area contributed by atoms with Gasteiger partial charge in [0.2, 0.25) is 0 Å². The van der Waals surface area contributed by atoms with Gasteiger partial charge in [0.05, 0.1) is 21.8 Å². The maximum absolute atomic E-state index is 13.0. The molecule has 9 nitrogen and oxygen atoms in total. The Bertz CT molecular complexity index is 1410. The summed E-state index contributed by atoms with van der Waals surface area (Å²) >= 11 is 0. The summed E-state index contributed by atoms with van der Waals surface area (Å²) in [4.78, 5) is 37.4. The summed E-state index contributed by atoms with van der Waals surface area (Å²) in [7, 11) is -3.92. The first kappa shape index (κ1) is 24.2. The minimum atomic E-state index is -3.92. The third-order valence-corrected chi connectivity index (χ3v) is 7.24. The van der Waals surface area contributed by atoms with Crippen LogP contribution in [0.3, 0.4) is 0 Å². The number of nitrogens with one attached hydrogen (secondary N) is 2. The van der Waals surface area contributed by atoms with E-state index in [1.165, 1.54) is 6.07 Å². The van der Waals surface area contributed by atoms with Crippen molar-refractivity contribution in [1.82, 2.24) is 5.32 Å². The predicted octanol–water partition coefficient (Wildman–Crippen LogP) is 2.92. The van der Waals surface area contributed by atoms with Crippen molar-refractivity contribution in [1.29, 1.82) is 0 Å². The molecule has 2 amide bonds. The van der Waals surface area contributed by atoms with Crippen molar-refractivity contribution in [3.63, 3.8) is 0 Å². The molecule has 0 atom stereocenters. The summed E-state index contributed by atoms with van der Waals surface area (Å²) < 4.78 is 32.0. The number of nitrogens with zero attached hydrogens (tertiary/aromatic N) is 1. The van der Waals surface area contributed by atoms with Gasteiger partial charge in [0.1, 0.15) is 6.54 Å². The summed E-state index contributed by atoms with van der Waals surface area (Å²) in [6.07, 6.45) is 0. The molecule has 35 heavy (non-hydrogen) atoms. The van der Waals surface area contributed by atoms with Crippen LogP contribution in [0, 0.1) is 5.92 Å². The van der Waals surface area contributed by atoms with E-state index in [2.05, 4.69) is 10.6 Å². The molecule has 4 rings (SSSR count). The van der Waals surface area contributed by atoms with E-state index in [1.807, 2.05) is 13.8 Å². The van der Waals surface area contributed by atoms with Crippen molar-refractivity contribution in [2.75, 3.05) is 29.3 Å². The first-order valence-electron chi connectivity index (χ1n) is 11.1. The Morgan fingerprint density at radius 3 is 2.43 bits per heavy atom. The SMILES string of the molecule is CC(C)CNC(=O)c1ccccc1NC(=O)COC(=O)CN1c2cccc3cccc(c23)S1(=O)=O. The van der Waals surface area contributed by atoms with E-state index in [1.54, 1.807) is 54.6 Å². The molecule has 0 aliphatic carbocycles. The molecule has 3 aromatic rings. The molecule has 0 saturated carbocycles. The highest BCUT2D eigenvalue weighted by molar-refractivity contribution is 7.93. The number of benzene rings is 3. The molecule has 1 aliphatic rings. The van der Waals surface area contributed by atoms with Gasteiger partial charge in [-0.2, -0.15) is 0 Å². The molecule has 0 fully saturated rings. The monoisotopic (exact) mass is 495 g/mol. The highest BCUT2D eigenvalue weighted by Gasteiger charge is 2.37. The highest BCUT2D eigenvalue weighted by atomic mass is 32.2. The van der Waals surface area contributed by atoms with Gasteiger partial charge in [-0.15, -0.1) is 0 Å². The molecule has 2 N–H and O–H groups in total. The smallest absolute Gasteiger partial charge is 0.327 e. The molecule has 0 unspecified atom stereocenters. The van der Waals surface area contributed by atoms with Crippen LogP contribution < -0.4 is 14.9 Å². The summed E-state index contributed by atoms with van der Waals surface area (Å²) in [5, 5.41) is 6.65. The molecule has 0 saturated heterocycles. The van der Waals surface area contributed by atoms with Crippen molar-refractivity contribution < 1.29 is 27.5 Å². The number of carbonyl (C=O) groups excluding carboxylic acids is 3. The number of amides is 2. The Hall–Kier alpha value is -3.92. The maximum atomic E-state index is 13.0. The second kappa shape index (κ2) is 9.75. The third-order valence-electron chi connectivity index (χ3n) is 5.43. The van der Waals surface area contributed by atoms with Crippen LogP contribution in [0.25, 0.3) is 10.8 Å². The standard InChI is InChI=1S/C25H25N3O6S/c1-16(2)13-26-25(31)18-9-3-4-10-19(18)27-22(29)15-34-23(30)14-28-20-11-5-7-17-8-6-12-21(24(17)20)35(28,32)33/h3-12,16H,13-15H2,1-2H3,(H,26,31)(H,27,29). The zero-order valence-electron chi connectivity index (χ0n) is 19.3. The van der Waals surface area contributed by atoms with Crippen LogP contribution in [0.2, 0.25) is 0 Å². The van der Waals surface area contributed by atoms with E-state index in [9.17, 15) is 22.8 Å². The number of para-hydroxylation sites is 1. The maximum Gasteiger partial charge on any atom is 0.327 e. The lowest BCUT2D eigenvalue weighted by molar-refractivity contribution is -0.145. The molecule has 182 valence electrons. The molecule has 0 aromatic heterocycles. The fourth-order valence-corrected chi connectivity index (χ4v) is 5.46. The van der Waals surface area contributed by atoms with Crippen molar-refractivity contribution in [2.45, 2.75) is 18.7 Å². The van der Waals surface area contributed by atoms with E-state index in [0.29, 0.717) is 17.6 Å². The lowest BCUT2D eigenvalue weighted by atomic mass is 10.1. The number of sulfonamides is 1. The van der Waals surface area contributed by atoms with E-state index in [4.69, 9.17) is 4.74 Å². The highest BCUT2D eigenvalue weighted by Crippen LogP contribution is 2.41. The predicted molar refractivity (Wildman–Crippen MR) is 132 cm³/mol. The normalized spacial score (nSPS) is 13.6. The minimum Gasteiger partial charge on any atom is -0.454 e. The molecule has 3 aromatic carbocycles. The number of ether oxygens (including phenoxy) is 1. The lowest BCUT2D eigenvalue weighted by Gasteiger charge is -2.18. The number of anilines is 2. The third kappa shape index (κ3) is 4.97. The van der Waals surface area contributed by atoms with Gasteiger partial charge in [-0.05, 0) is 35.6 Å². The van der Waals surface area contributed by atoms with Gasteiger partial charge in [-0.25, -0.2) is 8.42 Å². The van der Waals surface area contributed by atoms with Crippen LogP contribution in [0.1, 0.15) is 24.2 Å². The fourth-order valence-electron chi connectivity index (χ4n) is 3.81. The quantitative estimate of drug-likeness (QED) is 0.464. The van der Waals surface area contributed by atoms with Gasteiger partial charge in [0, 0.05) is 11.9 Å². The first-order valence-corrected chi connectivity index (χ1v) is 12.5. The zero-order chi connectivity index (χ0) is 25.2. The van der Waals surface area contributed by atoms with Gasteiger partial charge in [0.25, 0.3) is 21.8 Å². The Kier molecular flexibility index (Phi) is 6.74. The summed E-state index contributed by atoms with van der Waals surface area (Å²) in [5.74, 6) is -1.60. The largest absolute Gasteiger partial charge is 0.454 e. The van der Waals surface area contributed by atoms with Gasteiger partial charge in [-0.3, -0.25) is 18.7 Å². The Balaban J connectivity index is 1.39. The fraction of sp³-hybridized carbons (Fsp3) is 0.240. The van der Waals surface area contributed by atoms with Crippen LogP contribution in [-0.2, 0) is 24.3 Å². The van der Waals surface area contributed by atoms with Crippen LogP contribution in [0.15, 0.2) is 65.6 Å². The number of rotatable bonds is 8. The molecule has 1 heterocycles. The van der Waals surface area contributed by atoms with Gasteiger partial charge < -0.3 is 15.4 Å². The summed E-state index contributed by atoms with van der Waals surface area (Å²) in [5.41, 5.74) is 0.946. The second-order valence-corrected chi connectivity index (χ2v) is 10.3. The Labute approximate surface area is 203 Å². The Morgan fingerprint density at radius 1 is 0.971 bits per heavy atom. The number of esters is 1. The van der Waals surface area contributed by atoms with E-state index in [-0.39, 0.29) is 28.0 Å². The lowest BCUT2D eigenvalue weighted by Crippen LogP contribution is -2.35. The first-order chi connectivity index (χ1) is 16.7. The molecular formula is C25H25N3O6S. The van der Waals surface area contributed by atoms with Gasteiger partial charge in [-0.1, -0.05) is 50.2 Å². The van der Waals surface area contributed by atoms with Crippen LogP contribution >= 0.6 is 0 Å². The van der Waals surface area contributed by atoms with Crippen molar-refractivity contribution in [3.05, 3.63) is 66.2 Å². The topological polar surface area (TPSA) is 122 Å². The van der Waals surface area contributed by atoms with E-state index < -0.39 is 35.1 Å². The molecule has 0 radical (unpaired) electrons. The van der Waals surface area contributed by atoms with Crippen molar-refractivity contribution >= 4 is 50.0 Å². The molecule has 0 spiro atoms. The zero-order valence-corrected chi connectivity index (χ0v) is 20.1. The number of hydrogen-bond donors (Lipinski definition) is 2. The van der Waals surface area contributed by atoms with Gasteiger partial charge in [0.15, 0.2) is 6.61 Å². The van der Waals surface area contributed by atoms with Crippen molar-refractivity contribution in [2.24, 2.45) is 5.92 Å². The van der Waals surface area contributed by atoms with Crippen LogP contribution in [-0.4, -0.2) is 45.9 Å². The molecule has 10 heteroatoms. The van der Waals surface area contributed by atoms with Crippen LogP contribution in [0.5, 0.6) is 0 Å². The molecule has 0 bridgehead atoms. The van der Waals surface area contributed by atoms with Crippen LogP contribution in [0.4, 0.5) is 11.4 Å². The average molecular weight is 496 g/mol. The minimum absolute atomic E-state index is 0.128. The van der Waals surface area contributed by atoms with Gasteiger partial charge >= 0.3 is 5.97 Å². The van der Waals surface area contributed by atoms with Crippen molar-refractivity contribution in [3.8, 4) is 0 Å². The molecule has 1 aliphatic heterocycles. The number of carbonyl (C=O) groups is 3. The second-order valence-electron chi connectivity index (χ2n) is 8.50. The van der Waals surface area contributed by atoms with E-state index >= 15 is 0 Å². The molecular weight excluding hydrogens is 470 g/mol. The average Bonchev–Trinajstić information content (AvgIpc) is 3.05. The Morgan fingerprint density at radius 2 is 1.69 bits per heavy atom. The number of hydrogen-bond acceptors (Lipinski definition) is 6. The van der Waals surface area contributed by atoms with E-state index in [0.717, 1.165) is 9.69 Å². The summed E-state index contributed by atoms with van der Waals surface area (Å²) in [6, 6.07) is 16.6. The summed E-state index contributed by atoms with van der Waals surface area (Å²) in [6.45, 7) is 3.21.